The summed E-state index contributed by atoms with van der Waals surface area (Å²) in [6, 6.07) is 5.37. The summed E-state index contributed by atoms with van der Waals surface area (Å²) >= 11 is 0. The van der Waals surface area contributed by atoms with Gasteiger partial charge in [0, 0.05) is 16.7 Å². The van der Waals surface area contributed by atoms with Crippen LogP contribution in [0.5, 0.6) is 5.75 Å². The quantitative estimate of drug-likeness (QED) is 0.0501. The van der Waals surface area contributed by atoms with Gasteiger partial charge >= 0.3 is 5.92 Å². The molecular weight excluding hydrogens is 633 g/mol. The van der Waals surface area contributed by atoms with E-state index in [2.05, 4.69) is 27.7 Å². The van der Waals surface area contributed by atoms with Crippen LogP contribution in [-0.2, 0) is 5.92 Å². The Labute approximate surface area is 265 Å². The molecule has 0 radical (unpaired) electrons. The first-order valence-electron chi connectivity index (χ1n) is 16.6. The standard InChI is InChI=1S/C34H48F8OSi2/c1-7-11-12-13-14-15-16-19-45(22(5)6,20-17-18-44(8-2,9-3)10-4)43-33-30(38)26-25-23(21-24(35)28(36)29(25)37)34(41,42)27(26)31(39)32(33)40/h21-22H,7-20H2,1-6H3. The molecule has 1 aliphatic carbocycles. The molecule has 0 heterocycles. The van der Waals surface area contributed by atoms with Crippen LogP contribution < -0.4 is 4.43 Å². The van der Waals surface area contributed by atoms with Crippen LogP contribution in [0, 0.1) is 34.9 Å². The van der Waals surface area contributed by atoms with Crippen molar-refractivity contribution < 1.29 is 39.5 Å². The molecule has 45 heavy (non-hydrogen) atoms. The molecule has 11 heteroatoms. The molecule has 254 valence electrons. The van der Waals surface area contributed by atoms with Crippen LogP contribution >= 0.6 is 0 Å². The van der Waals surface area contributed by atoms with Crippen molar-refractivity contribution in [2.45, 2.75) is 141 Å². The van der Waals surface area contributed by atoms with Gasteiger partial charge in [0.2, 0.25) is 5.82 Å². The second-order valence-electron chi connectivity index (χ2n) is 13.1. The lowest BCUT2D eigenvalue weighted by Gasteiger charge is -2.38. The summed E-state index contributed by atoms with van der Waals surface area (Å²) in [5.41, 5.74) is -6.05. The van der Waals surface area contributed by atoms with E-state index in [-0.39, 0.29) is 11.6 Å². The molecule has 0 aliphatic heterocycles. The minimum absolute atomic E-state index is 0.00404. The van der Waals surface area contributed by atoms with Crippen LogP contribution in [0.2, 0.25) is 41.8 Å². The average Bonchev–Trinajstić information content (AvgIpc) is 3.24. The minimum atomic E-state index is -4.50. The molecule has 0 fully saturated rings. The summed E-state index contributed by atoms with van der Waals surface area (Å²) < 4.78 is 127. The van der Waals surface area contributed by atoms with Crippen molar-refractivity contribution in [3.63, 3.8) is 0 Å². The fourth-order valence-electron chi connectivity index (χ4n) is 7.03. The highest BCUT2D eigenvalue weighted by molar-refractivity contribution is 6.80. The van der Waals surface area contributed by atoms with Crippen molar-refractivity contribution in [3.8, 4) is 16.9 Å². The SMILES string of the molecule is CCCCCCCCC[Si](CCC[Si](CC)(CC)CC)(Oc1c(F)c(F)c2c(c1F)-c1c(cc(F)c(F)c1F)C2(F)F)C(C)C. The van der Waals surface area contributed by atoms with Crippen molar-refractivity contribution in [2.75, 3.05) is 0 Å². The van der Waals surface area contributed by atoms with Gasteiger partial charge in [0.05, 0.1) is 13.6 Å². The summed E-state index contributed by atoms with van der Waals surface area (Å²) in [6.45, 7) is 12.5. The molecule has 0 bridgehead atoms. The number of alkyl halides is 2. The fourth-order valence-corrected chi connectivity index (χ4v) is 14.9. The van der Waals surface area contributed by atoms with E-state index in [0.29, 0.717) is 12.1 Å². The molecular formula is C34H48F8OSi2. The minimum Gasteiger partial charge on any atom is -0.539 e. The zero-order valence-electron chi connectivity index (χ0n) is 27.5. The second kappa shape index (κ2) is 15.3. The highest BCUT2D eigenvalue weighted by Crippen LogP contribution is 2.57. The maximum Gasteiger partial charge on any atom is 0.302 e. The molecule has 1 nitrogen and oxygen atoms in total. The van der Waals surface area contributed by atoms with Gasteiger partial charge in [-0.1, -0.05) is 117 Å². The molecule has 0 amide bonds. The van der Waals surface area contributed by atoms with Gasteiger partial charge in [0.15, 0.2) is 34.8 Å². The van der Waals surface area contributed by atoms with Crippen molar-refractivity contribution in [1.82, 2.24) is 0 Å². The average molecular weight is 681 g/mol. The van der Waals surface area contributed by atoms with E-state index in [9.17, 15) is 13.2 Å². The maximum absolute atomic E-state index is 16.3. The maximum atomic E-state index is 16.3. The Morgan fingerprint density at radius 3 is 1.76 bits per heavy atom. The molecule has 0 saturated heterocycles. The second-order valence-corrected chi connectivity index (χ2v) is 23.2. The van der Waals surface area contributed by atoms with Gasteiger partial charge < -0.3 is 4.43 Å². The van der Waals surface area contributed by atoms with Gasteiger partial charge in [0.25, 0.3) is 8.32 Å². The number of hydrogen-bond donors (Lipinski definition) is 0. The monoisotopic (exact) mass is 680 g/mol. The molecule has 0 spiro atoms. The zero-order valence-corrected chi connectivity index (χ0v) is 29.5. The normalized spacial score (nSPS) is 15.4. The van der Waals surface area contributed by atoms with Crippen molar-refractivity contribution in [1.29, 1.82) is 0 Å². The highest BCUT2D eigenvalue weighted by Gasteiger charge is 2.53. The summed E-state index contributed by atoms with van der Waals surface area (Å²) in [4.78, 5) is 0. The van der Waals surface area contributed by atoms with Gasteiger partial charge in [-0.2, -0.15) is 13.2 Å². The molecule has 1 aliphatic rings. The number of hydrogen-bond acceptors (Lipinski definition) is 1. The lowest BCUT2D eigenvalue weighted by atomic mass is 10.0. The zero-order chi connectivity index (χ0) is 33.7. The van der Waals surface area contributed by atoms with E-state index in [4.69, 9.17) is 4.43 Å². The number of fused-ring (bicyclic) bond motifs is 3. The highest BCUT2D eigenvalue weighted by atomic mass is 28.4. The fraction of sp³-hybridized carbons (Fsp3) is 0.647. The summed E-state index contributed by atoms with van der Waals surface area (Å²) in [7, 11) is -4.70. The summed E-state index contributed by atoms with van der Waals surface area (Å²) in [5, 5.41) is 0. The van der Waals surface area contributed by atoms with Crippen LogP contribution in [0.4, 0.5) is 35.1 Å². The van der Waals surface area contributed by atoms with E-state index in [1.165, 1.54) is 0 Å². The predicted molar refractivity (Wildman–Crippen MR) is 170 cm³/mol. The third-order valence-electron chi connectivity index (χ3n) is 10.5. The third kappa shape index (κ3) is 7.34. The topological polar surface area (TPSA) is 9.23 Å². The number of rotatable bonds is 18. The van der Waals surface area contributed by atoms with Crippen molar-refractivity contribution in [2.24, 2.45) is 0 Å². The van der Waals surface area contributed by atoms with E-state index in [1.807, 2.05) is 13.8 Å². The molecule has 2 aromatic carbocycles. The Bertz CT molecular complexity index is 1320. The van der Waals surface area contributed by atoms with Gasteiger partial charge in [0.1, 0.15) is 0 Å². The van der Waals surface area contributed by atoms with Gasteiger partial charge in [-0.05, 0) is 23.7 Å². The Balaban J connectivity index is 2.10. The number of unbranched alkanes of at least 4 members (excludes halogenated alkanes) is 6. The van der Waals surface area contributed by atoms with Gasteiger partial charge in [-0.15, -0.1) is 0 Å². The van der Waals surface area contributed by atoms with Crippen LogP contribution in [0.3, 0.4) is 0 Å². The Morgan fingerprint density at radius 2 is 1.20 bits per heavy atom. The van der Waals surface area contributed by atoms with Crippen molar-refractivity contribution >= 4 is 16.4 Å². The molecule has 0 N–H and O–H groups in total. The van der Waals surface area contributed by atoms with E-state index >= 15 is 22.0 Å². The first kappa shape index (κ1) is 37.6. The van der Waals surface area contributed by atoms with Crippen LogP contribution in [-0.4, -0.2) is 16.4 Å². The van der Waals surface area contributed by atoms with Gasteiger partial charge in [-0.25, -0.2) is 22.0 Å². The smallest absolute Gasteiger partial charge is 0.302 e. The van der Waals surface area contributed by atoms with E-state index < -0.39 is 85.2 Å². The summed E-state index contributed by atoms with van der Waals surface area (Å²) in [6.07, 6.45) is 7.81. The lowest BCUT2D eigenvalue weighted by Crippen LogP contribution is -2.46. The lowest BCUT2D eigenvalue weighted by molar-refractivity contribution is 0.0425. The summed E-state index contributed by atoms with van der Waals surface area (Å²) in [5.74, 6) is -17.6. The van der Waals surface area contributed by atoms with Crippen LogP contribution in [0.25, 0.3) is 11.1 Å². The predicted octanol–water partition coefficient (Wildman–Crippen LogP) is 13.0. The Kier molecular flexibility index (Phi) is 12.8. The first-order chi connectivity index (χ1) is 21.2. The Hall–Kier alpha value is -1.89. The largest absolute Gasteiger partial charge is 0.539 e. The Morgan fingerprint density at radius 1 is 0.644 bits per heavy atom. The first-order valence-corrected chi connectivity index (χ1v) is 21.9. The van der Waals surface area contributed by atoms with Crippen LogP contribution in [0.15, 0.2) is 6.07 Å². The molecule has 0 aromatic heterocycles. The molecule has 0 saturated carbocycles. The van der Waals surface area contributed by atoms with Gasteiger partial charge in [-0.3, -0.25) is 0 Å². The molecule has 3 rings (SSSR count). The van der Waals surface area contributed by atoms with Crippen molar-refractivity contribution in [3.05, 3.63) is 52.1 Å². The number of benzene rings is 2. The number of halogens is 8. The molecule has 1 atom stereocenters. The van der Waals surface area contributed by atoms with E-state index in [1.54, 1.807) is 0 Å². The third-order valence-corrected chi connectivity index (χ3v) is 21.5. The van der Waals surface area contributed by atoms with E-state index in [0.717, 1.165) is 75.5 Å². The molecule has 2 aromatic rings. The molecule has 1 unspecified atom stereocenters. The van der Waals surface area contributed by atoms with Crippen LogP contribution in [0.1, 0.15) is 104 Å².